The predicted octanol–water partition coefficient (Wildman–Crippen LogP) is 0.458. The second-order valence-corrected chi connectivity index (χ2v) is 6.33. The maximum Gasteiger partial charge on any atom is 0.308 e. The van der Waals surface area contributed by atoms with Crippen LogP contribution in [0, 0.1) is 5.92 Å². The van der Waals surface area contributed by atoms with Crippen molar-refractivity contribution in [2.45, 2.75) is 12.8 Å². The minimum absolute atomic E-state index is 0.000813. The van der Waals surface area contributed by atoms with Gasteiger partial charge in [0, 0.05) is 24.7 Å². The smallest absolute Gasteiger partial charge is 0.308 e. The SMILES string of the molecule is C=C(Cl)CNS(=O)(=O)N1CCC(C(=O)OC)CC1. The highest BCUT2D eigenvalue weighted by Gasteiger charge is 2.31. The molecule has 1 fully saturated rings. The monoisotopic (exact) mass is 296 g/mol. The van der Waals surface area contributed by atoms with Gasteiger partial charge in [0.2, 0.25) is 0 Å². The number of nitrogens with zero attached hydrogens (tertiary/aromatic N) is 1. The molecule has 0 spiro atoms. The number of carbonyl (C=O) groups excluding carboxylic acids is 1. The van der Waals surface area contributed by atoms with Gasteiger partial charge in [-0.1, -0.05) is 18.2 Å². The molecule has 104 valence electrons. The summed E-state index contributed by atoms with van der Waals surface area (Å²) in [6.45, 7) is 4.00. The van der Waals surface area contributed by atoms with Crippen LogP contribution in [0.15, 0.2) is 11.6 Å². The van der Waals surface area contributed by atoms with Gasteiger partial charge in [-0.15, -0.1) is 0 Å². The van der Waals surface area contributed by atoms with Gasteiger partial charge in [0.15, 0.2) is 0 Å². The fourth-order valence-electron chi connectivity index (χ4n) is 1.76. The van der Waals surface area contributed by atoms with Crippen molar-refractivity contribution in [3.05, 3.63) is 11.6 Å². The predicted molar refractivity (Wildman–Crippen MR) is 68.2 cm³/mol. The topological polar surface area (TPSA) is 75.7 Å². The molecule has 1 heterocycles. The normalized spacial score (nSPS) is 18.6. The summed E-state index contributed by atoms with van der Waals surface area (Å²) in [7, 11) is -2.22. The molecule has 1 saturated heterocycles. The summed E-state index contributed by atoms with van der Waals surface area (Å²) in [4.78, 5) is 11.3. The Hall–Kier alpha value is -0.630. The van der Waals surface area contributed by atoms with Gasteiger partial charge in [-0.25, -0.2) is 0 Å². The van der Waals surface area contributed by atoms with Crippen molar-refractivity contribution in [2.24, 2.45) is 5.92 Å². The second kappa shape index (κ2) is 6.51. The summed E-state index contributed by atoms with van der Waals surface area (Å²) in [5, 5.41) is 0.225. The van der Waals surface area contributed by atoms with E-state index in [2.05, 4.69) is 16.0 Å². The van der Waals surface area contributed by atoms with Crippen LogP contribution in [0.5, 0.6) is 0 Å². The van der Waals surface area contributed by atoms with Crippen LogP contribution in [0.3, 0.4) is 0 Å². The van der Waals surface area contributed by atoms with E-state index in [9.17, 15) is 13.2 Å². The van der Waals surface area contributed by atoms with Crippen molar-refractivity contribution in [3.8, 4) is 0 Å². The Balaban J connectivity index is 2.51. The van der Waals surface area contributed by atoms with Crippen molar-refractivity contribution >= 4 is 27.8 Å². The Bertz CT molecular complexity index is 416. The van der Waals surface area contributed by atoms with Gasteiger partial charge in [0.1, 0.15) is 0 Å². The zero-order chi connectivity index (χ0) is 13.8. The van der Waals surface area contributed by atoms with Crippen LogP contribution >= 0.6 is 11.6 Å². The lowest BCUT2D eigenvalue weighted by atomic mass is 9.99. The number of methoxy groups -OCH3 is 1. The zero-order valence-corrected chi connectivity index (χ0v) is 11.8. The summed E-state index contributed by atoms with van der Waals surface area (Å²) in [6.07, 6.45) is 0.935. The van der Waals surface area contributed by atoms with Crippen LogP contribution in [0.4, 0.5) is 0 Å². The number of hydrogen-bond donors (Lipinski definition) is 1. The van der Waals surface area contributed by atoms with Gasteiger partial charge in [0.05, 0.1) is 13.0 Å². The van der Waals surface area contributed by atoms with Gasteiger partial charge >= 0.3 is 5.97 Å². The van der Waals surface area contributed by atoms with Gasteiger partial charge < -0.3 is 4.74 Å². The average molecular weight is 297 g/mol. The van der Waals surface area contributed by atoms with Crippen LogP contribution in [-0.2, 0) is 19.7 Å². The van der Waals surface area contributed by atoms with E-state index in [0.717, 1.165) is 0 Å². The van der Waals surface area contributed by atoms with Crippen LogP contribution in [0.25, 0.3) is 0 Å². The third-order valence-electron chi connectivity index (χ3n) is 2.77. The molecule has 0 atom stereocenters. The lowest BCUT2D eigenvalue weighted by molar-refractivity contribution is -0.146. The minimum atomic E-state index is -3.55. The van der Waals surface area contributed by atoms with E-state index in [4.69, 9.17) is 11.6 Å². The van der Waals surface area contributed by atoms with Crippen molar-refractivity contribution in [1.82, 2.24) is 9.03 Å². The highest BCUT2D eigenvalue weighted by Crippen LogP contribution is 2.20. The molecule has 0 aromatic carbocycles. The average Bonchev–Trinajstić information content (AvgIpc) is 2.36. The Morgan fingerprint density at radius 3 is 2.50 bits per heavy atom. The first-order valence-electron chi connectivity index (χ1n) is 5.52. The van der Waals surface area contributed by atoms with Gasteiger partial charge in [-0.3, -0.25) is 4.79 Å². The van der Waals surface area contributed by atoms with Gasteiger partial charge in [0.25, 0.3) is 10.2 Å². The summed E-state index contributed by atoms with van der Waals surface area (Å²) >= 11 is 5.51. The van der Waals surface area contributed by atoms with Crippen LogP contribution in [-0.4, -0.2) is 45.4 Å². The number of esters is 1. The Kier molecular flexibility index (Phi) is 5.58. The molecule has 0 saturated carbocycles. The maximum absolute atomic E-state index is 11.8. The van der Waals surface area contributed by atoms with Crippen LogP contribution in [0.2, 0.25) is 0 Å². The molecule has 0 amide bonds. The van der Waals surface area contributed by atoms with E-state index in [1.165, 1.54) is 11.4 Å². The van der Waals surface area contributed by atoms with E-state index in [1.54, 1.807) is 0 Å². The molecule has 1 aliphatic heterocycles. The number of halogens is 1. The zero-order valence-electron chi connectivity index (χ0n) is 10.2. The molecule has 0 radical (unpaired) electrons. The first kappa shape index (κ1) is 15.4. The Morgan fingerprint density at radius 2 is 2.06 bits per heavy atom. The first-order chi connectivity index (χ1) is 8.36. The van der Waals surface area contributed by atoms with E-state index >= 15 is 0 Å². The molecule has 0 unspecified atom stereocenters. The van der Waals surface area contributed by atoms with Crippen LogP contribution in [0.1, 0.15) is 12.8 Å². The summed E-state index contributed by atoms with van der Waals surface area (Å²) < 4.78 is 31.9. The highest BCUT2D eigenvalue weighted by molar-refractivity contribution is 7.87. The summed E-state index contributed by atoms with van der Waals surface area (Å²) in [5.74, 6) is -0.501. The number of carbonyl (C=O) groups is 1. The largest absolute Gasteiger partial charge is 0.469 e. The van der Waals surface area contributed by atoms with Crippen molar-refractivity contribution in [1.29, 1.82) is 0 Å². The molecular weight excluding hydrogens is 280 g/mol. The minimum Gasteiger partial charge on any atom is -0.469 e. The molecule has 0 aromatic heterocycles. The van der Waals surface area contributed by atoms with E-state index in [1.807, 2.05) is 0 Å². The molecular formula is C10H17ClN2O4S. The maximum atomic E-state index is 11.8. The quantitative estimate of drug-likeness (QED) is 0.748. The Morgan fingerprint density at radius 1 is 1.50 bits per heavy atom. The fourth-order valence-corrected chi connectivity index (χ4v) is 3.14. The second-order valence-electron chi connectivity index (χ2n) is 4.04. The van der Waals surface area contributed by atoms with E-state index in [0.29, 0.717) is 25.9 Å². The molecule has 0 bridgehead atoms. The molecule has 6 nitrogen and oxygen atoms in total. The molecule has 8 heteroatoms. The number of hydrogen-bond acceptors (Lipinski definition) is 4. The molecule has 0 aromatic rings. The Labute approximate surface area is 112 Å². The number of ether oxygens (including phenoxy) is 1. The molecule has 0 aliphatic carbocycles. The standard InChI is InChI=1S/C10H17ClN2O4S/c1-8(11)7-12-18(15,16)13-5-3-9(4-6-13)10(14)17-2/h9,12H,1,3-7H2,2H3. The van der Waals surface area contributed by atoms with Gasteiger partial charge in [-0.05, 0) is 12.8 Å². The van der Waals surface area contributed by atoms with Gasteiger partial charge in [-0.2, -0.15) is 17.4 Å². The lowest BCUT2D eigenvalue weighted by Gasteiger charge is -2.29. The number of rotatable bonds is 5. The van der Waals surface area contributed by atoms with Crippen molar-refractivity contribution in [3.63, 3.8) is 0 Å². The third-order valence-corrected chi connectivity index (χ3v) is 4.46. The van der Waals surface area contributed by atoms with Crippen molar-refractivity contribution in [2.75, 3.05) is 26.7 Å². The van der Waals surface area contributed by atoms with E-state index < -0.39 is 10.2 Å². The number of nitrogens with one attached hydrogen (secondary N) is 1. The first-order valence-corrected chi connectivity index (χ1v) is 7.34. The summed E-state index contributed by atoms with van der Waals surface area (Å²) in [5.41, 5.74) is 0. The summed E-state index contributed by atoms with van der Waals surface area (Å²) in [6, 6.07) is 0. The lowest BCUT2D eigenvalue weighted by Crippen LogP contribution is -2.46. The molecule has 1 N–H and O–H groups in total. The molecule has 1 aliphatic rings. The highest BCUT2D eigenvalue weighted by atomic mass is 35.5. The molecule has 18 heavy (non-hydrogen) atoms. The fraction of sp³-hybridized carbons (Fsp3) is 0.700. The molecule has 1 rings (SSSR count). The number of piperidine rings is 1. The van der Waals surface area contributed by atoms with E-state index in [-0.39, 0.29) is 23.5 Å². The van der Waals surface area contributed by atoms with Crippen LogP contribution < -0.4 is 4.72 Å². The van der Waals surface area contributed by atoms with Crippen molar-refractivity contribution < 1.29 is 17.9 Å². The third kappa shape index (κ3) is 4.24.